The third kappa shape index (κ3) is 3.26. The molecule has 0 radical (unpaired) electrons. The van der Waals surface area contributed by atoms with Crippen molar-refractivity contribution < 1.29 is 13.9 Å². The maximum Gasteiger partial charge on any atom is 0.317 e. The van der Waals surface area contributed by atoms with Crippen LogP contribution in [0.2, 0.25) is 0 Å². The van der Waals surface area contributed by atoms with Gasteiger partial charge in [-0.3, -0.25) is 0 Å². The van der Waals surface area contributed by atoms with Crippen molar-refractivity contribution in [3.05, 3.63) is 17.8 Å². The first-order valence-corrected chi connectivity index (χ1v) is 6.60. The molecule has 1 aliphatic rings. The average molecular weight is 267 g/mol. The maximum absolute atomic E-state index is 12.1. The molecule has 2 heterocycles. The van der Waals surface area contributed by atoms with E-state index in [0.29, 0.717) is 26.2 Å². The smallest absolute Gasteiger partial charge is 0.317 e. The third-order valence-corrected chi connectivity index (χ3v) is 3.62. The lowest BCUT2D eigenvalue weighted by Crippen LogP contribution is -2.54. The van der Waals surface area contributed by atoms with Gasteiger partial charge in [0.15, 0.2) is 6.39 Å². The van der Waals surface area contributed by atoms with Crippen molar-refractivity contribution in [1.82, 2.24) is 15.2 Å². The van der Waals surface area contributed by atoms with E-state index in [1.54, 1.807) is 4.90 Å². The molecule has 0 spiro atoms. The molecule has 106 valence electrons. The highest BCUT2D eigenvalue weighted by molar-refractivity contribution is 5.74. The zero-order chi connectivity index (χ0) is 13.9. The Labute approximate surface area is 113 Å². The number of hydrogen-bond donors (Lipinski definition) is 1. The number of oxazole rings is 1. The Morgan fingerprint density at radius 2 is 2.42 bits per heavy atom. The lowest BCUT2D eigenvalue weighted by molar-refractivity contribution is -0.0872. The normalized spacial score (nSPS) is 23.4. The van der Waals surface area contributed by atoms with Crippen molar-refractivity contribution in [3.8, 4) is 0 Å². The van der Waals surface area contributed by atoms with E-state index in [4.69, 9.17) is 9.15 Å². The van der Waals surface area contributed by atoms with Crippen molar-refractivity contribution in [1.29, 1.82) is 0 Å². The van der Waals surface area contributed by atoms with Crippen LogP contribution in [0.5, 0.6) is 0 Å². The van der Waals surface area contributed by atoms with E-state index in [1.165, 1.54) is 6.39 Å². The van der Waals surface area contributed by atoms with E-state index in [1.807, 2.05) is 13.8 Å². The molecule has 0 aromatic carbocycles. The number of nitrogens with one attached hydrogen (secondary N) is 1. The highest BCUT2D eigenvalue weighted by atomic mass is 16.5. The number of ether oxygens (including phenoxy) is 1. The van der Waals surface area contributed by atoms with E-state index in [2.05, 4.69) is 17.2 Å². The molecule has 0 aliphatic carbocycles. The predicted octanol–water partition coefficient (Wildman–Crippen LogP) is 1.69. The summed E-state index contributed by atoms with van der Waals surface area (Å²) in [5.74, 6) is 0.737. The van der Waals surface area contributed by atoms with Crippen molar-refractivity contribution >= 4 is 6.03 Å². The second kappa shape index (κ2) is 5.61. The molecule has 0 unspecified atom stereocenters. The number of carbonyl (C=O) groups is 1. The molecule has 1 aromatic rings. The van der Waals surface area contributed by atoms with E-state index in [9.17, 15) is 4.79 Å². The molecule has 1 atom stereocenters. The van der Waals surface area contributed by atoms with Gasteiger partial charge in [-0.25, -0.2) is 9.78 Å². The Hall–Kier alpha value is -1.56. The van der Waals surface area contributed by atoms with Gasteiger partial charge >= 0.3 is 6.03 Å². The molecule has 0 bridgehead atoms. The van der Waals surface area contributed by atoms with E-state index >= 15 is 0 Å². The third-order valence-electron chi connectivity index (χ3n) is 3.62. The fourth-order valence-electron chi connectivity index (χ4n) is 2.09. The van der Waals surface area contributed by atoms with Crippen molar-refractivity contribution in [2.24, 2.45) is 0 Å². The summed E-state index contributed by atoms with van der Waals surface area (Å²) in [5, 5.41) is 2.87. The number of aryl methyl sites for hydroxylation is 1. The quantitative estimate of drug-likeness (QED) is 0.905. The number of morpholine rings is 1. The Morgan fingerprint density at radius 1 is 1.63 bits per heavy atom. The highest BCUT2D eigenvalue weighted by Gasteiger charge is 2.32. The van der Waals surface area contributed by atoms with Gasteiger partial charge in [0, 0.05) is 6.54 Å². The van der Waals surface area contributed by atoms with Crippen LogP contribution in [0.4, 0.5) is 4.79 Å². The van der Waals surface area contributed by atoms with Gasteiger partial charge in [0.2, 0.25) is 0 Å². The molecule has 6 heteroatoms. The summed E-state index contributed by atoms with van der Waals surface area (Å²) < 4.78 is 10.8. The number of hydrogen-bond acceptors (Lipinski definition) is 4. The van der Waals surface area contributed by atoms with Crippen LogP contribution in [0.1, 0.15) is 31.7 Å². The lowest BCUT2D eigenvalue weighted by atomic mass is 10.0. The molecule has 19 heavy (non-hydrogen) atoms. The number of urea groups is 1. The molecule has 2 amide bonds. The molecule has 1 fully saturated rings. The van der Waals surface area contributed by atoms with Crippen LogP contribution < -0.4 is 5.32 Å². The second-order valence-electron chi connectivity index (χ2n) is 5.09. The number of nitrogens with zero attached hydrogens (tertiary/aromatic N) is 2. The van der Waals surface area contributed by atoms with E-state index in [0.717, 1.165) is 17.9 Å². The van der Waals surface area contributed by atoms with Gasteiger partial charge in [-0.1, -0.05) is 6.92 Å². The van der Waals surface area contributed by atoms with Crippen LogP contribution in [0.3, 0.4) is 0 Å². The fraction of sp³-hybridized carbons (Fsp3) is 0.692. The summed E-state index contributed by atoms with van der Waals surface area (Å²) in [6.45, 7) is 8.15. The van der Waals surface area contributed by atoms with Gasteiger partial charge < -0.3 is 19.4 Å². The standard InChI is InChI=1S/C13H21N3O3/c1-4-13(3)8-16(5-6-19-13)12(17)14-7-11-10(2)18-9-15-11/h9H,4-8H2,1-3H3,(H,14,17)/t13-/m1/s1. The molecule has 1 aromatic heterocycles. The van der Waals surface area contributed by atoms with Gasteiger partial charge in [0.05, 0.1) is 25.3 Å². The van der Waals surface area contributed by atoms with Gasteiger partial charge in [-0.2, -0.15) is 0 Å². The molecule has 0 saturated carbocycles. The summed E-state index contributed by atoms with van der Waals surface area (Å²) >= 11 is 0. The Bertz CT molecular complexity index is 446. The zero-order valence-corrected chi connectivity index (χ0v) is 11.7. The largest absolute Gasteiger partial charge is 0.448 e. The summed E-state index contributed by atoms with van der Waals surface area (Å²) in [4.78, 5) is 18.0. The molecular weight excluding hydrogens is 246 g/mol. The monoisotopic (exact) mass is 267 g/mol. The van der Waals surface area contributed by atoms with Gasteiger partial charge in [0.1, 0.15) is 11.5 Å². The number of amides is 2. The lowest BCUT2D eigenvalue weighted by Gasteiger charge is -2.39. The highest BCUT2D eigenvalue weighted by Crippen LogP contribution is 2.20. The van der Waals surface area contributed by atoms with Crippen LogP contribution in [-0.2, 0) is 11.3 Å². The number of aromatic nitrogens is 1. The van der Waals surface area contributed by atoms with Crippen molar-refractivity contribution in [2.45, 2.75) is 39.3 Å². The minimum atomic E-state index is -0.237. The Kier molecular flexibility index (Phi) is 4.09. The number of rotatable bonds is 3. The maximum atomic E-state index is 12.1. The molecular formula is C13H21N3O3. The molecule has 1 saturated heterocycles. The van der Waals surface area contributed by atoms with Gasteiger partial charge in [-0.15, -0.1) is 0 Å². The predicted molar refractivity (Wildman–Crippen MR) is 69.7 cm³/mol. The Morgan fingerprint density at radius 3 is 3.05 bits per heavy atom. The van der Waals surface area contributed by atoms with Crippen LogP contribution in [0.15, 0.2) is 10.8 Å². The first kappa shape index (κ1) is 13.9. The van der Waals surface area contributed by atoms with Crippen LogP contribution in [0.25, 0.3) is 0 Å². The SMILES string of the molecule is CC[C@]1(C)CN(C(=O)NCc2ncoc2C)CCO1. The minimum Gasteiger partial charge on any atom is -0.448 e. The van der Waals surface area contributed by atoms with Crippen LogP contribution in [0, 0.1) is 6.92 Å². The van der Waals surface area contributed by atoms with Gasteiger partial charge in [0.25, 0.3) is 0 Å². The zero-order valence-electron chi connectivity index (χ0n) is 11.7. The summed E-state index contributed by atoms with van der Waals surface area (Å²) in [5.41, 5.74) is 0.527. The fourth-order valence-corrected chi connectivity index (χ4v) is 2.09. The molecule has 6 nitrogen and oxygen atoms in total. The topological polar surface area (TPSA) is 67.6 Å². The number of carbonyl (C=O) groups excluding carboxylic acids is 1. The van der Waals surface area contributed by atoms with Crippen LogP contribution in [-0.4, -0.2) is 41.2 Å². The Balaban J connectivity index is 1.88. The summed E-state index contributed by atoms with van der Waals surface area (Å²) in [7, 11) is 0. The first-order valence-electron chi connectivity index (χ1n) is 6.60. The van der Waals surface area contributed by atoms with Crippen molar-refractivity contribution in [2.75, 3.05) is 19.7 Å². The first-order chi connectivity index (χ1) is 9.04. The van der Waals surface area contributed by atoms with Crippen molar-refractivity contribution in [3.63, 3.8) is 0 Å². The van der Waals surface area contributed by atoms with Crippen LogP contribution >= 0.6 is 0 Å². The average Bonchev–Trinajstić information content (AvgIpc) is 2.81. The summed E-state index contributed by atoms with van der Waals surface area (Å²) in [6.07, 6.45) is 2.28. The summed E-state index contributed by atoms with van der Waals surface area (Å²) in [6, 6.07) is -0.0784. The molecule has 1 N–H and O–H groups in total. The second-order valence-corrected chi connectivity index (χ2v) is 5.09. The van der Waals surface area contributed by atoms with Gasteiger partial charge in [-0.05, 0) is 20.3 Å². The molecule has 1 aliphatic heterocycles. The minimum absolute atomic E-state index is 0.0784. The van der Waals surface area contributed by atoms with E-state index in [-0.39, 0.29) is 11.6 Å². The van der Waals surface area contributed by atoms with E-state index < -0.39 is 0 Å². The molecule has 2 rings (SSSR count).